The largest absolute Gasteiger partial charge is 0.385 e. The third-order valence-electron chi connectivity index (χ3n) is 3.71. The van der Waals surface area contributed by atoms with Crippen LogP contribution in [-0.2, 0) is 4.74 Å². The van der Waals surface area contributed by atoms with E-state index in [0.717, 1.165) is 19.6 Å². The molecule has 2 aromatic carbocycles. The minimum absolute atomic E-state index is 0.323. The Balaban J connectivity index is 1.87. The SMILES string of the molecule is COCCCNC1c2ccccc2-c2ccccc21. The molecule has 0 spiro atoms. The van der Waals surface area contributed by atoms with E-state index in [-0.39, 0.29) is 0 Å². The summed E-state index contributed by atoms with van der Waals surface area (Å²) < 4.78 is 5.11. The molecule has 0 saturated heterocycles. The molecule has 0 heterocycles. The van der Waals surface area contributed by atoms with E-state index in [1.54, 1.807) is 7.11 Å². The minimum Gasteiger partial charge on any atom is -0.385 e. The highest BCUT2D eigenvalue weighted by atomic mass is 16.5. The third-order valence-corrected chi connectivity index (χ3v) is 3.71. The van der Waals surface area contributed by atoms with Gasteiger partial charge in [-0.25, -0.2) is 0 Å². The smallest absolute Gasteiger partial charge is 0.0588 e. The van der Waals surface area contributed by atoms with Gasteiger partial charge in [-0.2, -0.15) is 0 Å². The summed E-state index contributed by atoms with van der Waals surface area (Å²) in [7, 11) is 1.75. The quantitative estimate of drug-likeness (QED) is 0.825. The average molecular weight is 253 g/mol. The number of benzene rings is 2. The molecule has 1 aliphatic rings. The molecule has 2 heteroatoms. The van der Waals surface area contributed by atoms with E-state index in [1.165, 1.54) is 22.3 Å². The Morgan fingerprint density at radius 1 is 0.947 bits per heavy atom. The van der Waals surface area contributed by atoms with Gasteiger partial charge in [0.2, 0.25) is 0 Å². The monoisotopic (exact) mass is 253 g/mol. The topological polar surface area (TPSA) is 21.3 Å². The summed E-state index contributed by atoms with van der Waals surface area (Å²) in [4.78, 5) is 0. The molecule has 0 radical (unpaired) electrons. The number of rotatable bonds is 5. The van der Waals surface area contributed by atoms with Crippen LogP contribution in [-0.4, -0.2) is 20.3 Å². The molecule has 0 aliphatic heterocycles. The van der Waals surface area contributed by atoms with E-state index < -0.39 is 0 Å². The van der Waals surface area contributed by atoms with Gasteiger partial charge < -0.3 is 10.1 Å². The first-order chi connectivity index (χ1) is 9.42. The zero-order chi connectivity index (χ0) is 13.1. The van der Waals surface area contributed by atoms with Gasteiger partial charge in [-0.15, -0.1) is 0 Å². The standard InChI is InChI=1S/C17H19NO/c1-19-12-6-11-18-17-15-9-4-2-7-13(15)14-8-3-5-10-16(14)17/h2-5,7-10,17-18H,6,11-12H2,1H3. The second-order valence-electron chi connectivity index (χ2n) is 4.91. The van der Waals surface area contributed by atoms with Crippen molar-refractivity contribution in [1.29, 1.82) is 0 Å². The van der Waals surface area contributed by atoms with E-state index in [4.69, 9.17) is 4.74 Å². The van der Waals surface area contributed by atoms with Crippen LogP contribution in [0.2, 0.25) is 0 Å². The van der Waals surface area contributed by atoms with Crippen LogP contribution in [0.25, 0.3) is 11.1 Å². The normalized spacial score (nSPS) is 13.3. The lowest BCUT2D eigenvalue weighted by molar-refractivity contribution is 0.193. The van der Waals surface area contributed by atoms with Crippen molar-refractivity contribution in [3.8, 4) is 11.1 Å². The molecular formula is C17H19NO. The molecule has 0 unspecified atom stereocenters. The first kappa shape index (κ1) is 12.4. The Hall–Kier alpha value is -1.64. The maximum atomic E-state index is 5.11. The van der Waals surface area contributed by atoms with Crippen molar-refractivity contribution in [2.24, 2.45) is 0 Å². The maximum absolute atomic E-state index is 5.11. The maximum Gasteiger partial charge on any atom is 0.0588 e. The van der Waals surface area contributed by atoms with Gasteiger partial charge in [-0.05, 0) is 35.2 Å². The Bertz CT molecular complexity index is 519. The lowest BCUT2D eigenvalue weighted by Crippen LogP contribution is -2.22. The van der Waals surface area contributed by atoms with Crippen molar-refractivity contribution in [2.45, 2.75) is 12.5 Å². The number of methoxy groups -OCH3 is 1. The van der Waals surface area contributed by atoms with Gasteiger partial charge in [0.05, 0.1) is 6.04 Å². The zero-order valence-corrected chi connectivity index (χ0v) is 11.2. The van der Waals surface area contributed by atoms with Crippen molar-refractivity contribution in [1.82, 2.24) is 5.32 Å². The van der Waals surface area contributed by atoms with E-state index in [2.05, 4.69) is 53.8 Å². The van der Waals surface area contributed by atoms with Gasteiger partial charge in [-0.3, -0.25) is 0 Å². The predicted molar refractivity (Wildman–Crippen MR) is 78.2 cm³/mol. The van der Waals surface area contributed by atoms with Crippen LogP contribution in [0.5, 0.6) is 0 Å². The van der Waals surface area contributed by atoms with Gasteiger partial charge in [0.1, 0.15) is 0 Å². The highest BCUT2D eigenvalue weighted by Gasteiger charge is 2.26. The summed E-state index contributed by atoms with van der Waals surface area (Å²) in [5.74, 6) is 0. The van der Waals surface area contributed by atoms with Crippen LogP contribution >= 0.6 is 0 Å². The summed E-state index contributed by atoms with van der Waals surface area (Å²) in [5, 5.41) is 3.65. The molecule has 1 aliphatic carbocycles. The van der Waals surface area contributed by atoms with E-state index in [9.17, 15) is 0 Å². The van der Waals surface area contributed by atoms with Crippen LogP contribution in [0.4, 0.5) is 0 Å². The summed E-state index contributed by atoms with van der Waals surface area (Å²) in [6, 6.07) is 17.7. The first-order valence-electron chi connectivity index (χ1n) is 6.82. The fourth-order valence-corrected chi connectivity index (χ4v) is 2.84. The molecule has 0 aromatic heterocycles. The predicted octanol–water partition coefficient (Wildman–Crippen LogP) is 3.38. The molecular weight excluding hydrogens is 234 g/mol. The van der Waals surface area contributed by atoms with E-state index in [0.29, 0.717) is 6.04 Å². The summed E-state index contributed by atoms with van der Waals surface area (Å²) in [6.45, 7) is 1.78. The van der Waals surface area contributed by atoms with Gasteiger partial charge in [0, 0.05) is 13.7 Å². The van der Waals surface area contributed by atoms with Gasteiger partial charge in [-0.1, -0.05) is 48.5 Å². The number of fused-ring (bicyclic) bond motifs is 3. The van der Waals surface area contributed by atoms with Crippen molar-refractivity contribution < 1.29 is 4.74 Å². The Labute approximate surface area is 114 Å². The highest BCUT2D eigenvalue weighted by molar-refractivity contribution is 5.78. The third kappa shape index (κ3) is 2.29. The first-order valence-corrected chi connectivity index (χ1v) is 6.82. The number of nitrogens with one attached hydrogen (secondary N) is 1. The molecule has 1 N–H and O–H groups in total. The molecule has 0 fully saturated rings. The van der Waals surface area contributed by atoms with Crippen LogP contribution in [0.3, 0.4) is 0 Å². The van der Waals surface area contributed by atoms with E-state index >= 15 is 0 Å². The second kappa shape index (κ2) is 5.55. The lowest BCUT2D eigenvalue weighted by Gasteiger charge is -2.15. The van der Waals surface area contributed by atoms with E-state index in [1.807, 2.05) is 0 Å². The van der Waals surface area contributed by atoms with Crippen molar-refractivity contribution in [3.63, 3.8) is 0 Å². The van der Waals surface area contributed by atoms with Gasteiger partial charge in [0.15, 0.2) is 0 Å². The van der Waals surface area contributed by atoms with Gasteiger partial charge in [0.25, 0.3) is 0 Å². The minimum atomic E-state index is 0.323. The molecule has 2 aromatic rings. The fraction of sp³-hybridized carbons (Fsp3) is 0.294. The van der Waals surface area contributed by atoms with Crippen LogP contribution in [0.1, 0.15) is 23.6 Å². The summed E-state index contributed by atoms with van der Waals surface area (Å²) >= 11 is 0. The Morgan fingerprint density at radius 3 is 2.11 bits per heavy atom. The molecule has 2 nitrogen and oxygen atoms in total. The summed E-state index contributed by atoms with van der Waals surface area (Å²) in [6.07, 6.45) is 1.04. The van der Waals surface area contributed by atoms with Crippen LogP contribution in [0.15, 0.2) is 48.5 Å². The Morgan fingerprint density at radius 2 is 1.53 bits per heavy atom. The van der Waals surface area contributed by atoms with Crippen molar-refractivity contribution in [3.05, 3.63) is 59.7 Å². The Kier molecular flexibility index (Phi) is 3.62. The highest BCUT2D eigenvalue weighted by Crippen LogP contribution is 2.42. The van der Waals surface area contributed by atoms with Crippen molar-refractivity contribution in [2.75, 3.05) is 20.3 Å². The lowest BCUT2D eigenvalue weighted by atomic mass is 10.1. The average Bonchev–Trinajstić information content (AvgIpc) is 2.78. The molecule has 98 valence electrons. The van der Waals surface area contributed by atoms with Crippen LogP contribution in [0, 0.1) is 0 Å². The molecule has 0 amide bonds. The molecule has 0 atom stereocenters. The molecule has 0 saturated carbocycles. The summed E-state index contributed by atoms with van der Waals surface area (Å²) in [5.41, 5.74) is 5.51. The number of hydrogen-bond acceptors (Lipinski definition) is 2. The van der Waals surface area contributed by atoms with Gasteiger partial charge >= 0.3 is 0 Å². The van der Waals surface area contributed by atoms with Crippen molar-refractivity contribution >= 4 is 0 Å². The number of ether oxygens (including phenoxy) is 1. The molecule has 19 heavy (non-hydrogen) atoms. The fourth-order valence-electron chi connectivity index (χ4n) is 2.84. The zero-order valence-electron chi connectivity index (χ0n) is 11.2. The number of hydrogen-bond donors (Lipinski definition) is 1. The molecule has 0 bridgehead atoms. The van der Waals surface area contributed by atoms with Crippen LogP contribution < -0.4 is 5.32 Å². The second-order valence-corrected chi connectivity index (χ2v) is 4.91. The molecule has 3 rings (SSSR count).